The summed E-state index contributed by atoms with van der Waals surface area (Å²) in [5, 5.41) is 20.4. The Labute approximate surface area is 104 Å². The number of nitrogens with one attached hydrogen (secondary N) is 1. The van der Waals surface area contributed by atoms with E-state index >= 15 is 0 Å². The summed E-state index contributed by atoms with van der Waals surface area (Å²) < 4.78 is 0. The number of rotatable bonds is 3. The number of hydrogen-bond acceptors (Lipinski definition) is 5. The van der Waals surface area contributed by atoms with E-state index in [0.29, 0.717) is 6.54 Å². The largest absolute Gasteiger partial charge is 0.483 e. The van der Waals surface area contributed by atoms with Crippen LogP contribution in [0.5, 0.6) is 0 Å². The van der Waals surface area contributed by atoms with Crippen LogP contribution in [0.15, 0.2) is 12.1 Å². The van der Waals surface area contributed by atoms with Crippen LogP contribution in [0.25, 0.3) is 0 Å². The highest BCUT2D eigenvalue weighted by atomic mass is 16.6. The lowest BCUT2D eigenvalue weighted by Gasteiger charge is -2.03. The van der Waals surface area contributed by atoms with Crippen LogP contribution < -0.4 is 5.32 Å². The number of anilines is 1. The lowest BCUT2D eigenvalue weighted by atomic mass is 10.3. The molecule has 1 heterocycles. The van der Waals surface area contributed by atoms with Crippen LogP contribution in [0.1, 0.15) is 12.6 Å². The van der Waals surface area contributed by atoms with Crippen molar-refractivity contribution in [3.63, 3.8) is 0 Å². The van der Waals surface area contributed by atoms with Gasteiger partial charge in [0, 0.05) is 11.8 Å². The van der Waals surface area contributed by atoms with E-state index in [9.17, 15) is 10.1 Å². The lowest BCUT2D eigenvalue weighted by Crippen LogP contribution is -2.05. The quantitative estimate of drug-likeness (QED) is 0.364. The van der Waals surface area contributed by atoms with Gasteiger partial charge in [0.05, 0.1) is 11.5 Å². The minimum atomic E-state index is -0.464. The molecule has 0 aliphatic heterocycles. The van der Waals surface area contributed by atoms with Crippen LogP contribution in [0.3, 0.4) is 0 Å². The Kier molecular flexibility index (Phi) is 7.28. The van der Waals surface area contributed by atoms with Gasteiger partial charge >= 0.3 is 5.69 Å². The molecular formula is C11H13N3O4. The monoisotopic (exact) mass is 251 g/mol. The zero-order valence-corrected chi connectivity index (χ0v) is 10.0. The van der Waals surface area contributed by atoms with Crippen molar-refractivity contribution in [1.82, 2.24) is 4.98 Å². The van der Waals surface area contributed by atoms with E-state index in [1.54, 1.807) is 19.9 Å². The number of aryl methyl sites for hydroxylation is 1. The third-order valence-electron chi connectivity index (χ3n) is 1.73. The molecular weight excluding hydrogens is 238 g/mol. The molecule has 0 fully saturated rings. The van der Waals surface area contributed by atoms with Crippen LogP contribution in [0.2, 0.25) is 0 Å². The lowest BCUT2D eigenvalue weighted by molar-refractivity contribution is -0.384. The number of pyridine rings is 1. The highest BCUT2D eigenvalue weighted by Crippen LogP contribution is 2.21. The maximum absolute atomic E-state index is 10.7. The smallest absolute Gasteiger partial charge is 0.311 e. The summed E-state index contributed by atoms with van der Waals surface area (Å²) in [4.78, 5) is 22.6. The van der Waals surface area contributed by atoms with Crippen molar-refractivity contribution in [2.75, 3.05) is 11.9 Å². The fraction of sp³-hybridized carbons (Fsp3) is 0.273. The first-order valence-corrected chi connectivity index (χ1v) is 4.90. The molecule has 1 aromatic rings. The van der Waals surface area contributed by atoms with Crippen molar-refractivity contribution in [3.8, 4) is 11.8 Å². The number of nitro groups is 1. The molecule has 1 rings (SSSR count). The molecule has 7 heteroatoms. The second-order valence-corrected chi connectivity index (χ2v) is 2.96. The minimum Gasteiger partial charge on any atom is -0.483 e. The Morgan fingerprint density at radius 3 is 2.72 bits per heavy atom. The highest BCUT2D eigenvalue weighted by molar-refractivity contribution is 5.56. The Morgan fingerprint density at radius 1 is 1.61 bits per heavy atom. The second kappa shape index (κ2) is 8.52. The van der Waals surface area contributed by atoms with Crippen LogP contribution in [0.4, 0.5) is 11.5 Å². The number of carboxylic acid groups (broad SMARTS) is 1. The summed E-state index contributed by atoms with van der Waals surface area (Å²) >= 11 is 0. The van der Waals surface area contributed by atoms with Gasteiger partial charge in [0.2, 0.25) is 5.82 Å². The van der Waals surface area contributed by atoms with Gasteiger partial charge in [-0.3, -0.25) is 14.9 Å². The average Bonchev–Trinajstić information content (AvgIpc) is 2.30. The molecule has 0 bridgehead atoms. The predicted molar refractivity (Wildman–Crippen MR) is 66.3 cm³/mol. The zero-order chi connectivity index (χ0) is 14.0. The average molecular weight is 251 g/mol. The molecule has 1 aromatic heterocycles. The van der Waals surface area contributed by atoms with Crippen molar-refractivity contribution >= 4 is 18.0 Å². The van der Waals surface area contributed by atoms with Gasteiger partial charge in [0.25, 0.3) is 6.47 Å². The maximum Gasteiger partial charge on any atom is 0.311 e. The van der Waals surface area contributed by atoms with E-state index in [-0.39, 0.29) is 18.0 Å². The molecule has 0 aliphatic rings. The van der Waals surface area contributed by atoms with Crippen molar-refractivity contribution in [2.24, 2.45) is 0 Å². The zero-order valence-electron chi connectivity index (χ0n) is 10.0. The summed E-state index contributed by atoms with van der Waals surface area (Å²) in [7, 11) is 0. The summed E-state index contributed by atoms with van der Waals surface area (Å²) in [6.45, 7) is 3.59. The third-order valence-corrected chi connectivity index (χ3v) is 1.73. The molecule has 2 N–H and O–H groups in total. The Bertz CT molecular complexity index is 477. The third kappa shape index (κ3) is 5.46. The number of nitrogens with zero attached hydrogens (tertiary/aromatic N) is 2. The molecule has 18 heavy (non-hydrogen) atoms. The molecule has 0 saturated heterocycles. The maximum atomic E-state index is 10.7. The van der Waals surface area contributed by atoms with Gasteiger partial charge in [0.1, 0.15) is 0 Å². The number of carbonyl (C=O) groups is 1. The van der Waals surface area contributed by atoms with Gasteiger partial charge in [-0.25, -0.2) is 4.98 Å². The molecule has 96 valence electrons. The first-order valence-electron chi connectivity index (χ1n) is 4.90. The van der Waals surface area contributed by atoms with Gasteiger partial charge < -0.3 is 10.4 Å². The van der Waals surface area contributed by atoms with Gasteiger partial charge in [-0.05, 0) is 19.9 Å². The first kappa shape index (κ1) is 15.4. The number of aromatic nitrogens is 1. The summed E-state index contributed by atoms with van der Waals surface area (Å²) in [5.74, 6) is 5.72. The fourth-order valence-electron chi connectivity index (χ4n) is 1.04. The van der Waals surface area contributed by atoms with Gasteiger partial charge in [0.15, 0.2) is 0 Å². The predicted octanol–water partition coefficient (Wildman–Crippen LogP) is 1.43. The van der Waals surface area contributed by atoms with E-state index in [4.69, 9.17) is 9.90 Å². The van der Waals surface area contributed by atoms with Crippen LogP contribution >= 0.6 is 0 Å². The van der Waals surface area contributed by atoms with Crippen molar-refractivity contribution in [2.45, 2.75) is 13.8 Å². The molecule has 0 amide bonds. The van der Waals surface area contributed by atoms with Crippen molar-refractivity contribution in [1.29, 1.82) is 0 Å². The molecule has 0 unspecified atom stereocenters. The van der Waals surface area contributed by atoms with Gasteiger partial charge in [-0.15, -0.1) is 5.92 Å². The molecule has 0 saturated carbocycles. The van der Waals surface area contributed by atoms with Crippen molar-refractivity contribution in [3.05, 3.63) is 27.9 Å². The molecule has 7 nitrogen and oxygen atoms in total. The standard InChI is InChI=1S/C10H11N3O2.CH2O2/c1-3-4-7-11-10-9(13(14)15)6-5-8(2)12-10;2-1-3/h5-6H,7H2,1-2H3,(H,11,12);1H,(H,2,3). The van der Waals surface area contributed by atoms with E-state index in [0.717, 1.165) is 5.69 Å². The Morgan fingerprint density at radius 2 is 2.22 bits per heavy atom. The molecule has 0 atom stereocenters. The minimum absolute atomic E-state index is 0.0292. The van der Waals surface area contributed by atoms with Gasteiger partial charge in [-0.1, -0.05) is 5.92 Å². The molecule has 0 aromatic carbocycles. The fourth-order valence-corrected chi connectivity index (χ4v) is 1.04. The molecule has 0 aliphatic carbocycles. The molecule has 0 radical (unpaired) electrons. The summed E-state index contributed by atoms with van der Waals surface area (Å²) in [6, 6.07) is 3.04. The summed E-state index contributed by atoms with van der Waals surface area (Å²) in [6.07, 6.45) is 0. The Balaban J connectivity index is 0.000000873. The van der Waals surface area contributed by atoms with Gasteiger partial charge in [-0.2, -0.15) is 0 Å². The second-order valence-electron chi connectivity index (χ2n) is 2.96. The van der Waals surface area contributed by atoms with Crippen molar-refractivity contribution < 1.29 is 14.8 Å². The summed E-state index contributed by atoms with van der Waals surface area (Å²) in [5.41, 5.74) is 0.700. The van der Waals surface area contributed by atoms with Crippen LogP contribution in [0, 0.1) is 28.9 Å². The molecule has 0 spiro atoms. The SMILES string of the molecule is CC#CCNc1nc(C)ccc1[N+](=O)[O-].O=CO. The van der Waals surface area contributed by atoms with Crippen LogP contribution in [-0.4, -0.2) is 28.0 Å². The Hall–Kier alpha value is -2.62. The first-order chi connectivity index (χ1) is 8.56. The van der Waals surface area contributed by atoms with E-state index in [1.165, 1.54) is 6.07 Å². The van der Waals surface area contributed by atoms with Crippen LogP contribution in [-0.2, 0) is 4.79 Å². The highest BCUT2D eigenvalue weighted by Gasteiger charge is 2.13. The topological polar surface area (TPSA) is 105 Å². The number of hydrogen-bond donors (Lipinski definition) is 2. The van der Waals surface area contributed by atoms with E-state index in [2.05, 4.69) is 22.1 Å². The van der Waals surface area contributed by atoms with E-state index < -0.39 is 4.92 Å². The van der Waals surface area contributed by atoms with E-state index in [1.807, 2.05) is 0 Å². The normalized spacial score (nSPS) is 8.11.